The summed E-state index contributed by atoms with van der Waals surface area (Å²) in [5.74, 6) is -0.892. The molecule has 0 aromatic heterocycles. The number of carbonyl (C=O) groups is 3. The molecule has 1 fully saturated rings. The van der Waals surface area contributed by atoms with Gasteiger partial charge in [0, 0.05) is 46.8 Å². The van der Waals surface area contributed by atoms with Crippen LogP contribution in [0.2, 0.25) is 0 Å². The molecule has 3 amide bonds. The Bertz CT molecular complexity index is 594. The zero-order valence-corrected chi connectivity index (χ0v) is 20.9. The molecule has 0 saturated carbocycles. The Balaban J connectivity index is 2.19. The number of hydrogen-bond donors (Lipinski definition) is 1. The van der Waals surface area contributed by atoms with Crippen LogP contribution in [0.4, 0.5) is 0 Å². The molecule has 0 radical (unpaired) electrons. The lowest BCUT2D eigenvalue weighted by Gasteiger charge is -2.24. The van der Waals surface area contributed by atoms with Crippen molar-refractivity contribution in [3.63, 3.8) is 0 Å². The van der Waals surface area contributed by atoms with E-state index in [9.17, 15) is 14.4 Å². The molecule has 192 valence electrons. The van der Waals surface area contributed by atoms with Crippen molar-refractivity contribution in [1.82, 2.24) is 10.2 Å². The number of hydrogen-bond acceptors (Lipinski definition) is 8. The van der Waals surface area contributed by atoms with Crippen molar-refractivity contribution >= 4 is 17.7 Å². The number of ether oxygens (including phenoxy) is 5. The number of carbonyl (C=O) groups excluding carboxylic acids is 3. The van der Waals surface area contributed by atoms with Crippen LogP contribution in [0.5, 0.6) is 0 Å². The predicted octanol–water partition coefficient (Wildman–Crippen LogP) is 1.02. The van der Waals surface area contributed by atoms with Crippen LogP contribution in [0.25, 0.3) is 0 Å². The zero-order chi connectivity index (χ0) is 24.7. The first-order valence-electron chi connectivity index (χ1n) is 11.6. The van der Waals surface area contributed by atoms with E-state index in [0.29, 0.717) is 59.2 Å². The van der Waals surface area contributed by atoms with Crippen LogP contribution in [0.15, 0.2) is 0 Å². The maximum Gasteiger partial charge on any atom is 0.233 e. The van der Waals surface area contributed by atoms with E-state index < -0.39 is 0 Å². The van der Waals surface area contributed by atoms with Crippen LogP contribution in [-0.2, 0) is 38.1 Å². The average Bonchev–Trinajstić information content (AvgIpc) is 3.05. The highest BCUT2D eigenvalue weighted by atomic mass is 16.6. The molecule has 1 saturated heterocycles. The van der Waals surface area contributed by atoms with Crippen LogP contribution in [-0.4, -0.2) is 102 Å². The number of rotatable bonds is 18. The van der Waals surface area contributed by atoms with Crippen molar-refractivity contribution in [3.05, 3.63) is 0 Å². The number of methoxy groups -OCH3 is 2. The first-order valence-corrected chi connectivity index (χ1v) is 11.6. The van der Waals surface area contributed by atoms with Gasteiger partial charge in [-0.05, 0) is 11.8 Å². The minimum absolute atomic E-state index is 0.101. The molecule has 0 spiro atoms. The lowest BCUT2D eigenvalue weighted by Crippen LogP contribution is -2.37. The van der Waals surface area contributed by atoms with E-state index in [1.165, 1.54) is 4.90 Å². The first-order chi connectivity index (χ1) is 15.7. The molecule has 0 aromatic rings. The fraction of sp³-hybridized carbons (Fsp3) is 0.870. The molecule has 0 aromatic carbocycles. The monoisotopic (exact) mass is 474 g/mol. The normalized spacial score (nSPS) is 17.6. The van der Waals surface area contributed by atoms with Gasteiger partial charge in [0.15, 0.2) is 0 Å². The van der Waals surface area contributed by atoms with Gasteiger partial charge in [0.1, 0.15) is 6.10 Å². The molecule has 2 atom stereocenters. The van der Waals surface area contributed by atoms with Crippen LogP contribution in [0.1, 0.15) is 40.0 Å². The Hall–Kier alpha value is -1.59. The Labute approximate surface area is 197 Å². The summed E-state index contributed by atoms with van der Waals surface area (Å²) in [6.45, 7) is 9.59. The smallest absolute Gasteiger partial charge is 0.233 e. The highest BCUT2D eigenvalue weighted by Crippen LogP contribution is 2.35. The minimum Gasteiger partial charge on any atom is -0.382 e. The second kappa shape index (κ2) is 16.1. The second-order valence-electron chi connectivity index (χ2n) is 9.09. The summed E-state index contributed by atoms with van der Waals surface area (Å²) in [6, 6.07) is 0. The quantitative estimate of drug-likeness (QED) is 0.231. The van der Waals surface area contributed by atoms with E-state index in [4.69, 9.17) is 23.7 Å². The summed E-state index contributed by atoms with van der Waals surface area (Å²) in [4.78, 5) is 37.9. The molecule has 10 nitrogen and oxygen atoms in total. The van der Waals surface area contributed by atoms with Crippen LogP contribution in [0.3, 0.4) is 0 Å². The molecule has 1 rings (SSSR count). The van der Waals surface area contributed by atoms with Crippen molar-refractivity contribution in [2.24, 2.45) is 11.3 Å². The van der Waals surface area contributed by atoms with Gasteiger partial charge in [0.05, 0.1) is 45.6 Å². The molecule has 1 aliphatic rings. The van der Waals surface area contributed by atoms with Gasteiger partial charge in [0.2, 0.25) is 17.7 Å². The maximum atomic E-state index is 12.5. The van der Waals surface area contributed by atoms with Gasteiger partial charge >= 0.3 is 0 Å². The van der Waals surface area contributed by atoms with E-state index >= 15 is 0 Å². The summed E-state index contributed by atoms with van der Waals surface area (Å²) < 4.78 is 26.8. The van der Waals surface area contributed by atoms with Crippen LogP contribution >= 0.6 is 0 Å². The van der Waals surface area contributed by atoms with E-state index in [0.717, 1.165) is 0 Å². The third-order valence-electron chi connectivity index (χ3n) is 5.32. The van der Waals surface area contributed by atoms with Gasteiger partial charge in [-0.2, -0.15) is 0 Å². The Kier molecular flexibility index (Phi) is 14.4. The fourth-order valence-corrected chi connectivity index (χ4v) is 3.31. The molecule has 1 heterocycles. The molecule has 1 N–H and O–H groups in total. The average molecular weight is 475 g/mol. The largest absolute Gasteiger partial charge is 0.382 e. The fourth-order valence-electron chi connectivity index (χ4n) is 3.31. The van der Waals surface area contributed by atoms with Crippen molar-refractivity contribution in [1.29, 1.82) is 0 Å². The van der Waals surface area contributed by atoms with Gasteiger partial charge in [0.25, 0.3) is 0 Å². The Morgan fingerprint density at radius 2 is 1.67 bits per heavy atom. The topological polar surface area (TPSA) is 113 Å². The number of likely N-dealkylation sites (tertiary alicyclic amines) is 1. The van der Waals surface area contributed by atoms with Crippen molar-refractivity contribution in [2.75, 3.05) is 73.6 Å². The maximum absolute atomic E-state index is 12.5. The van der Waals surface area contributed by atoms with Gasteiger partial charge < -0.3 is 29.0 Å². The summed E-state index contributed by atoms with van der Waals surface area (Å²) >= 11 is 0. The van der Waals surface area contributed by atoms with Gasteiger partial charge in [-0.25, -0.2) is 0 Å². The molecule has 1 aliphatic heterocycles. The second-order valence-corrected chi connectivity index (χ2v) is 9.09. The third-order valence-corrected chi connectivity index (χ3v) is 5.32. The van der Waals surface area contributed by atoms with Gasteiger partial charge in [-0.15, -0.1) is 0 Å². The Morgan fingerprint density at radius 1 is 1.03 bits per heavy atom. The molecule has 2 unspecified atom stereocenters. The summed E-state index contributed by atoms with van der Waals surface area (Å²) in [5.41, 5.74) is -0.270. The lowest BCUT2D eigenvalue weighted by molar-refractivity contribution is -0.140. The van der Waals surface area contributed by atoms with Gasteiger partial charge in [-0.3, -0.25) is 19.3 Å². The number of imide groups is 1. The molecule has 0 aliphatic carbocycles. The molecule has 0 bridgehead atoms. The number of nitrogens with one attached hydrogen (secondary N) is 1. The molecule has 10 heteroatoms. The summed E-state index contributed by atoms with van der Waals surface area (Å²) in [6.07, 6.45) is 0.742. The van der Waals surface area contributed by atoms with Crippen LogP contribution < -0.4 is 5.32 Å². The standard InChI is InChI=1S/C23H42N2O8/c1-23(2,3)19-15-21(27)25(22(19)28)9-7-20(26)24-8-6-10-31-16-18(33-14-12-30-5)17-32-13-11-29-4/h18-19H,6-17H2,1-5H3,(H,24,26). The Morgan fingerprint density at radius 3 is 2.27 bits per heavy atom. The highest BCUT2D eigenvalue weighted by molar-refractivity contribution is 6.04. The number of amides is 3. The molecular formula is C23H42N2O8. The van der Waals surface area contributed by atoms with Crippen molar-refractivity contribution < 1.29 is 38.1 Å². The highest BCUT2D eigenvalue weighted by Gasteiger charge is 2.44. The molecular weight excluding hydrogens is 432 g/mol. The van der Waals surface area contributed by atoms with Gasteiger partial charge in [-0.1, -0.05) is 20.8 Å². The van der Waals surface area contributed by atoms with E-state index in [1.54, 1.807) is 14.2 Å². The molecule has 33 heavy (non-hydrogen) atoms. The van der Waals surface area contributed by atoms with E-state index in [1.807, 2.05) is 20.8 Å². The summed E-state index contributed by atoms with van der Waals surface area (Å²) in [5, 5.41) is 2.80. The van der Waals surface area contributed by atoms with E-state index in [2.05, 4.69) is 5.32 Å². The predicted molar refractivity (Wildman–Crippen MR) is 122 cm³/mol. The van der Waals surface area contributed by atoms with Crippen molar-refractivity contribution in [2.45, 2.75) is 46.1 Å². The minimum atomic E-state index is -0.321. The summed E-state index contributed by atoms with van der Waals surface area (Å²) in [7, 11) is 3.23. The third kappa shape index (κ3) is 11.9. The van der Waals surface area contributed by atoms with Crippen molar-refractivity contribution in [3.8, 4) is 0 Å². The van der Waals surface area contributed by atoms with Crippen LogP contribution in [0, 0.1) is 11.3 Å². The lowest BCUT2D eigenvalue weighted by atomic mass is 9.80. The zero-order valence-electron chi connectivity index (χ0n) is 20.9. The SMILES string of the molecule is COCCOCC(COCCCNC(=O)CCN1C(=O)CC(C(C)(C)C)C1=O)OCCOC. The number of nitrogens with zero attached hydrogens (tertiary/aromatic N) is 1. The first kappa shape index (κ1) is 29.4. The van der Waals surface area contributed by atoms with E-state index in [-0.39, 0.29) is 54.5 Å².